The Labute approximate surface area is 87.6 Å². The number of rotatable bonds is 5. The van der Waals surface area contributed by atoms with Crippen molar-refractivity contribution in [2.75, 3.05) is 26.6 Å². The van der Waals surface area contributed by atoms with Crippen molar-refractivity contribution in [3.63, 3.8) is 0 Å². The van der Waals surface area contributed by atoms with Gasteiger partial charge in [-0.1, -0.05) is 0 Å². The Morgan fingerprint density at radius 1 is 1.60 bits per heavy atom. The molecule has 0 aliphatic carbocycles. The van der Waals surface area contributed by atoms with Gasteiger partial charge in [-0.25, -0.2) is 0 Å². The zero-order valence-electron chi connectivity index (χ0n) is 8.84. The predicted molar refractivity (Wildman–Crippen MR) is 55.6 cm³/mol. The largest absolute Gasteiger partial charge is 0.382 e. The Morgan fingerprint density at radius 3 is 2.87 bits per heavy atom. The number of methoxy groups -OCH3 is 2. The fourth-order valence-corrected chi connectivity index (χ4v) is 1.20. The van der Waals surface area contributed by atoms with Crippen LogP contribution in [0.4, 0.5) is 5.95 Å². The maximum Gasteiger partial charge on any atom is 0.274 e. The molecule has 1 atom stereocenters. The topological polar surface area (TPSA) is 79.4 Å². The lowest BCUT2D eigenvalue weighted by molar-refractivity contribution is 0.0185. The first kappa shape index (κ1) is 11.7. The molecule has 0 aliphatic rings. The fourth-order valence-electron chi connectivity index (χ4n) is 1.20. The summed E-state index contributed by atoms with van der Waals surface area (Å²) < 4.78 is 11.8. The summed E-state index contributed by atoms with van der Waals surface area (Å²) in [5, 5.41) is 0. The van der Waals surface area contributed by atoms with Gasteiger partial charge in [-0.15, -0.1) is 0 Å². The van der Waals surface area contributed by atoms with E-state index in [2.05, 4.69) is 4.98 Å². The lowest BCUT2D eigenvalue weighted by atomic mass is 10.3. The molecule has 1 heterocycles. The molecule has 0 bridgehead atoms. The van der Waals surface area contributed by atoms with Crippen molar-refractivity contribution in [2.45, 2.75) is 12.6 Å². The van der Waals surface area contributed by atoms with Crippen molar-refractivity contribution in [3.05, 3.63) is 22.6 Å². The molecular weight excluding hydrogens is 198 g/mol. The molecule has 2 N–H and O–H groups in total. The molecule has 0 radical (unpaired) electrons. The number of nitrogens with two attached hydrogens (primary N) is 1. The number of aromatic nitrogens is 2. The Balaban J connectivity index is 2.74. The normalized spacial score (nSPS) is 12.7. The quantitative estimate of drug-likeness (QED) is 0.712. The molecule has 0 aliphatic heterocycles. The Hall–Kier alpha value is -1.40. The molecule has 1 rings (SSSR count). The molecule has 0 saturated heterocycles. The van der Waals surface area contributed by atoms with E-state index in [0.29, 0.717) is 13.2 Å². The molecule has 0 spiro atoms. The van der Waals surface area contributed by atoms with Crippen LogP contribution in [0.3, 0.4) is 0 Å². The van der Waals surface area contributed by atoms with E-state index in [1.807, 2.05) is 0 Å². The van der Waals surface area contributed by atoms with Crippen LogP contribution in [0.25, 0.3) is 0 Å². The molecule has 6 nitrogen and oxygen atoms in total. The Kier molecular flexibility index (Phi) is 4.26. The van der Waals surface area contributed by atoms with Crippen molar-refractivity contribution in [1.29, 1.82) is 0 Å². The summed E-state index contributed by atoms with van der Waals surface area (Å²) in [7, 11) is 3.19. The minimum Gasteiger partial charge on any atom is -0.382 e. The van der Waals surface area contributed by atoms with E-state index in [1.54, 1.807) is 25.0 Å². The summed E-state index contributed by atoms with van der Waals surface area (Å²) >= 11 is 0. The molecular formula is C9H15N3O3. The molecule has 0 saturated carbocycles. The molecule has 84 valence electrons. The van der Waals surface area contributed by atoms with Gasteiger partial charge >= 0.3 is 0 Å². The minimum atomic E-state index is -0.343. The molecule has 6 heteroatoms. The molecule has 0 aromatic carbocycles. The van der Waals surface area contributed by atoms with Gasteiger partial charge in [0.05, 0.1) is 19.3 Å². The van der Waals surface area contributed by atoms with E-state index in [-0.39, 0.29) is 17.6 Å². The van der Waals surface area contributed by atoms with Crippen LogP contribution in [0.2, 0.25) is 0 Å². The van der Waals surface area contributed by atoms with E-state index in [0.717, 1.165) is 0 Å². The van der Waals surface area contributed by atoms with Gasteiger partial charge in [0.1, 0.15) is 0 Å². The van der Waals surface area contributed by atoms with Crippen LogP contribution in [-0.4, -0.2) is 36.5 Å². The summed E-state index contributed by atoms with van der Waals surface area (Å²) in [6.07, 6.45) is 1.48. The molecule has 0 amide bonds. The Morgan fingerprint density at radius 2 is 2.33 bits per heavy atom. The van der Waals surface area contributed by atoms with Crippen molar-refractivity contribution in [2.24, 2.45) is 0 Å². The van der Waals surface area contributed by atoms with Gasteiger partial charge in [0.15, 0.2) is 0 Å². The monoisotopic (exact) mass is 213 g/mol. The van der Waals surface area contributed by atoms with Crippen molar-refractivity contribution < 1.29 is 9.47 Å². The lowest BCUT2D eigenvalue weighted by Crippen LogP contribution is -2.26. The van der Waals surface area contributed by atoms with Crippen LogP contribution >= 0.6 is 0 Å². The summed E-state index contributed by atoms with van der Waals surface area (Å²) in [6.45, 7) is 0.964. The number of hydrogen-bond acceptors (Lipinski definition) is 5. The first-order chi connectivity index (χ1) is 7.17. The molecule has 1 aromatic heterocycles. The van der Waals surface area contributed by atoms with Crippen molar-refractivity contribution in [1.82, 2.24) is 9.55 Å². The second kappa shape index (κ2) is 5.47. The zero-order valence-corrected chi connectivity index (χ0v) is 8.84. The standard InChI is InChI=1S/C9H15N3O3/c1-14-6-7(15-2)5-12-4-3-8(13)11-9(12)10/h3-4,7H,5-6H2,1-2H3,(H2,10,11,13). The van der Waals surface area contributed by atoms with Crippen LogP contribution in [-0.2, 0) is 16.0 Å². The highest BCUT2D eigenvalue weighted by atomic mass is 16.5. The summed E-state index contributed by atoms with van der Waals surface area (Å²) in [6, 6.07) is 1.36. The van der Waals surface area contributed by atoms with E-state index in [9.17, 15) is 4.79 Å². The average molecular weight is 213 g/mol. The van der Waals surface area contributed by atoms with Gasteiger partial charge in [0, 0.05) is 26.5 Å². The van der Waals surface area contributed by atoms with E-state index in [1.165, 1.54) is 6.07 Å². The average Bonchev–Trinajstić information content (AvgIpc) is 2.21. The molecule has 15 heavy (non-hydrogen) atoms. The van der Waals surface area contributed by atoms with Gasteiger partial charge in [0.2, 0.25) is 5.95 Å². The van der Waals surface area contributed by atoms with E-state index < -0.39 is 0 Å². The van der Waals surface area contributed by atoms with Gasteiger partial charge in [0.25, 0.3) is 5.56 Å². The maximum atomic E-state index is 10.9. The smallest absolute Gasteiger partial charge is 0.274 e. The number of nitrogens with zero attached hydrogens (tertiary/aromatic N) is 2. The maximum absolute atomic E-state index is 10.9. The van der Waals surface area contributed by atoms with Crippen LogP contribution in [0.5, 0.6) is 0 Å². The number of anilines is 1. The highest BCUT2D eigenvalue weighted by Crippen LogP contribution is 2.00. The highest BCUT2D eigenvalue weighted by molar-refractivity contribution is 5.15. The molecule has 0 fully saturated rings. The SMILES string of the molecule is COCC(Cn1ccc(=O)nc1N)OC. The number of nitrogen functional groups attached to an aromatic ring is 1. The summed E-state index contributed by atoms with van der Waals surface area (Å²) in [5.41, 5.74) is 5.23. The van der Waals surface area contributed by atoms with Crippen LogP contribution in [0, 0.1) is 0 Å². The lowest BCUT2D eigenvalue weighted by Gasteiger charge is -2.16. The van der Waals surface area contributed by atoms with E-state index >= 15 is 0 Å². The van der Waals surface area contributed by atoms with Gasteiger partial charge < -0.3 is 19.8 Å². The second-order valence-corrected chi connectivity index (χ2v) is 3.09. The third-order valence-electron chi connectivity index (χ3n) is 2.00. The summed E-state index contributed by atoms with van der Waals surface area (Å²) in [5.74, 6) is 0.181. The summed E-state index contributed by atoms with van der Waals surface area (Å²) in [4.78, 5) is 14.5. The highest BCUT2D eigenvalue weighted by Gasteiger charge is 2.09. The molecule has 1 unspecified atom stereocenters. The number of hydrogen-bond donors (Lipinski definition) is 1. The Bertz CT molecular complexity index is 364. The van der Waals surface area contributed by atoms with Gasteiger partial charge in [-0.05, 0) is 0 Å². The van der Waals surface area contributed by atoms with Crippen LogP contribution < -0.4 is 11.3 Å². The first-order valence-corrected chi connectivity index (χ1v) is 4.52. The minimum absolute atomic E-state index is 0.110. The third-order valence-corrected chi connectivity index (χ3v) is 2.00. The molecule has 1 aromatic rings. The van der Waals surface area contributed by atoms with Gasteiger partial charge in [-0.2, -0.15) is 4.98 Å². The predicted octanol–water partition coefficient (Wildman–Crippen LogP) is -0.513. The van der Waals surface area contributed by atoms with Crippen molar-refractivity contribution >= 4 is 5.95 Å². The second-order valence-electron chi connectivity index (χ2n) is 3.09. The number of ether oxygens (including phenoxy) is 2. The first-order valence-electron chi connectivity index (χ1n) is 4.52. The van der Waals surface area contributed by atoms with Crippen LogP contribution in [0.1, 0.15) is 0 Å². The van der Waals surface area contributed by atoms with Gasteiger partial charge in [-0.3, -0.25) is 4.79 Å². The van der Waals surface area contributed by atoms with Crippen molar-refractivity contribution in [3.8, 4) is 0 Å². The van der Waals surface area contributed by atoms with Crippen LogP contribution in [0.15, 0.2) is 17.1 Å². The zero-order chi connectivity index (χ0) is 11.3. The van der Waals surface area contributed by atoms with E-state index in [4.69, 9.17) is 15.2 Å². The third kappa shape index (κ3) is 3.34. The fraction of sp³-hybridized carbons (Fsp3) is 0.556.